The Morgan fingerprint density at radius 1 is 1.23 bits per heavy atom. The molecule has 3 saturated heterocycles. The Bertz CT molecular complexity index is 1300. The van der Waals surface area contributed by atoms with Gasteiger partial charge in [0.2, 0.25) is 11.0 Å². The molecule has 2 aromatic rings. The van der Waals surface area contributed by atoms with Gasteiger partial charge in [-0.05, 0) is 37.6 Å². The Kier molecular flexibility index (Phi) is 8.42. The van der Waals surface area contributed by atoms with Gasteiger partial charge < -0.3 is 24.8 Å². The molecule has 4 atom stereocenters. The molecule has 2 amide bonds. The summed E-state index contributed by atoms with van der Waals surface area (Å²) in [5, 5.41) is 2.08. The monoisotopic (exact) mass is 595 g/mol. The highest BCUT2D eigenvalue weighted by atomic mass is 35.5. The molecule has 3 aliphatic rings. The number of piperazine rings is 1. The number of ketones is 1. The van der Waals surface area contributed by atoms with Crippen LogP contribution in [0.5, 0.6) is 0 Å². The fourth-order valence-electron chi connectivity index (χ4n) is 5.40. The maximum absolute atomic E-state index is 15.2. The molecule has 3 fully saturated rings. The van der Waals surface area contributed by atoms with E-state index in [1.165, 1.54) is 17.0 Å². The number of nitrogens with one attached hydrogen (secondary N) is 1. The van der Waals surface area contributed by atoms with Crippen LogP contribution in [0.3, 0.4) is 0 Å². The maximum Gasteiger partial charge on any atom is 0.252 e. The molecule has 5 rings (SSSR count). The van der Waals surface area contributed by atoms with Crippen LogP contribution in [0.2, 0.25) is 0 Å². The lowest BCUT2D eigenvalue weighted by molar-refractivity contribution is -0.138. The van der Waals surface area contributed by atoms with Gasteiger partial charge in [0.25, 0.3) is 5.91 Å². The summed E-state index contributed by atoms with van der Waals surface area (Å²) in [6.45, 7) is 6.88. The first-order valence-corrected chi connectivity index (χ1v) is 14.6. The number of hydrogen-bond acceptors (Lipinski definition) is 8. The summed E-state index contributed by atoms with van der Waals surface area (Å²) in [5.74, 6) is -2.07. The molecule has 13 heteroatoms. The van der Waals surface area contributed by atoms with Gasteiger partial charge in [-0.15, -0.1) is 11.6 Å². The molecule has 3 aliphatic heterocycles. The molecule has 0 radical (unpaired) electrons. The van der Waals surface area contributed by atoms with Gasteiger partial charge in [0.1, 0.15) is 36.3 Å². The number of anilines is 1. The number of halogens is 3. The Morgan fingerprint density at radius 3 is 2.62 bits per heavy atom. The van der Waals surface area contributed by atoms with E-state index in [1.807, 2.05) is 25.8 Å². The third-order valence-corrected chi connectivity index (χ3v) is 8.84. The molecule has 0 spiro atoms. The van der Waals surface area contributed by atoms with Crippen LogP contribution in [0.25, 0.3) is 11.3 Å². The van der Waals surface area contributed by atoms with Crippen LogP contribution in [0, 0.1) is 16.9 Å². The normalized spacial score (nSPS) is 24.1. The molecule has 0 bridgehead atoms. The lowest BCUT2D eigenvalue weighted by Gasteiger charge is -2.31. The zero-order chi connectivity index (χ0) is 28.7. The van der Waals surface area contributed by atoms with E-state index in [1.54, 1.807) is 0 Å². The molecule has 9 nitrogen and oxygen atoms in total. The van der Waals surface area contributed by atoms with Gasteiger partial charge in [-0.3, -0.25) is 14.4 Å². The second-order valence-corrected chi connectivity index (χ2v) is 12.4. The molecule has 1 N–H and O–H groups in total. The van der Waals surface area contributed by atoms with Crippen LogP contribution >= 0.6 is 22.9 Å². The van der Waals surface area contributed by atoms with Crippen molar-refractivity contribution in [3.63, 3.8) is 0 Å². The maximum atomic E-state index is 15.2. The van der Waals surface area contributed by atoms with Crippen molar-refractivity contribution < 1.29 is 27.9 Å². The van der Waals surface area contributed by atoms with Crippen LogP contribution in [-0.2, 0) is 14.3 Å². The molecular formula is C27H32ClF2N5O4S. The van der Waals surface area contributed by atoms with Crippen LogP contribution in [0.1, 0.15) is 30.6 Å². The molecule has 40 heavy (non-hydrogen) atoms. The number of likely N-dealkylation sites (tertiary alicyclic amines) is 1. The zero-order valence-corrected chi connectivity index (χ0v) is 24.1. The summed E-state index contributed by atoms with van der Waals surface area (Å²) < 4.78 is 35.5. The van der Waals surface area contributed by atoms with Crippen molar-refractivity contribution in [2.45, 2.75) is 43.8 Å². The Balaban J connectivity index is 1.32. The number of carbonyl (C=O) groups is 3. The molecule has 4 heterocycles. The number of amides is 2. The van der Waals surface area contributed by atoms with E-state index in [2.05, 4.69) is 15.2 Å². The van der Waals surface area contributed by atoms with Gasteiger partial charge in [-0.2, -0.15) is 4.39 Å². The average molecular weight is 596 g/mol. The zero-order valence-electron chi connectivity index (χ0n) is 22.5. The van der Waals surface area contributed by atoms with Gasteiger partial charge >= 0.3 is 0 Å². The standard InChI is InChI=1S/C27H32ClF2N5O4S/c1-14(2)10-19(26(38)35-12-17(28)23-22(35)20(36)13-39-23)31-25(37)15-4-5-16(18(29)11-15)21-24(30)40-27(32-21)34-8-6-33(3)7-9-34/h4-5,11,14,17,19,22-23H,6-10,12-13H2,1-3H3,(H,31,37). The highest BCUT2D eigenvalue weighted by molar-refractivity contribution is 7.14. The van der Waals surface area contributed by atoms with Gasteiger partial charge in [0, 0.05) is 43.9 Å². The molecule has 4 unspecified atom stereocenters. The summed E-state index contributed by atoms with van der Waals surface area (Å²) in [5.41, 5.74) is -0.164. The van der Waals surface area contributed by atoms with Crippen LogP contribution in [0.4, 0.5) is 13.9 Å². The van der Waals surface area contributed by atoms with Crippen molar-refractivity contribution in [3.8, 4) is 11.3 Å². The Hall–Kier alpha value is -2.67. The van der Waals surface area contributed by atoms with Crippen LogP contribution in [-0.4, -0.2) is 102 Å². The van der Waals surface area contributed by atoms with E-state index < -0.39 is 46.3 Å². The first-order valence-electron chi connectivity index (χ1n) is 13.3. The predicted molar refractivity (Wildman–Crippen MR) is 148 cm³/mol. The first-order chi connectivity index (χ1) is 19.0. The van der Waals surface area contributed by atoms with Gasteiger partial charge in [0.15, 0.2) is 10.9 Å². The smallest absolute Gasteiger partial charge is 0.252 e. The molecule has 1 aromatic heterocycles. The van der Waals surface area contributed by atoms with E-state index >= 15 is 4.39 Å². The molecular weight excluding hydrogens is 564 g/mol. The second kappa shape index (κ2) is 11.7. The fourth-order valence-corrected chi connectivity index (χ4v) is 6.62. The number of hydrogen-bond donors (Lipinski definition) is 1. The van der Waals surface area contributed by atoms with Crippen molar-refractivity contribution in [1.82, 2.24) is 20.1 Å². The number of rotatable bonds is 7. The van der Waals surface area contributed by atoms with Crippen LogP contribution < -0.4 is 10.2 Å². The summed E-state index contributed by atoms with van der Waals surface area (Å²) in [7, 11) is 2.02. The number of thiazole rings is 1. The number of benzene rings is 1. The van der Waals surface area contributed by atoms with Gasteiger partial charge in [0.05, 0.1) is 5.38 Å². The van der Waals surface area contributed by atoms with E-state index in [0.29, 0.717) is 24.6 Å². The van der Waals surface area contributed by atoms with E-state index in [9.17, 15) is 18.8 Å². The lowest BCUT2D eigenvalue weighted by Crippen LogP contribution is -2.52. The quantitative estimate of drug-likeness (QED) is 0.492. The van der Waals surface area contributed by atoms with Crippen LogP contribution in [0.15, 0.2) is 18.2 Å². The lowest BCUT2D eigenvalue weighted by atomic mass is 10.0. The number of likely N-dealkylation sites (N-methyl/N-ethyl adjacent to an activating group) is 1. The number of carbonyl (C=O) groups excluding carboxylic acids is 3. The molecule has 0 aliphatic carbocycles. The minimum absolute atomic E-state index is 0.0208. The second-order valence-electron chi connectivity index (χ2n) is 11.0. The number of nitrogens with zero attached hydrogens (tertiary/aromatic N) is 4. The highest BCUT2D eigenvalue weighted by Crippen LogP contribution is 2.34. The van der Waals surface area contributed by atoms with E-state index in [4.69, 9.17) is 16.3 Å². The average Bonchev–Trinajstić information content (AvgIpc) is 3.58. The van der Waals surface area contributed by atoms with Crippen molar-refractivity contribution in [2.75, 3.05) is 51.3 Å². The number of ether oxygens (including phenoxy) is 1. The van der Waals surface area contributed by atoms with Crippen molar-refractivity contribution in [1.29, 1.82) is 0 Å². The summed E-state index contributed by atoms with van der Waals surface area (Å²) in [6, 6.07) is 2.00. The number of alkyl halides is 1. The molecule has 0 saturated carbocycles. The van der Waals surface area contributed by atoms with Crippen molar-refractivity contribution in [2.24, 2.45) is 5.92 Å². The van der Waals surface area contributed by atoms with E-state index in [-0.39, 0.29) is 41.7 Å². The van der Waals surface area contributed by atoms with Gasteiger partial charge in [-0.25, -0.2) is 9.37 Å². The minimum atomic E-state index is -0.951. The number of Topliss-reactive ketones (excluding diaryl/α,β-unsaturated/α-hetero) is 1. The summed E-state index contributed by atoms with van der Waals surface area (Å²) >= 11 is 7.21. The first kappa shape index (κ1) is 28.8. The Morgan fingerprint density at radius 2 is 1.95 bits per heavy atom. The predicted octanol–water partition coefficient (Wildman–Crippen LogP) is 2.77. The summed E-state index contributed by atoms with van der Waals surface area (Å²) in [6.07, 6.45) is -0.266. The topological polar surface area (TPSA) is 95.1 Å². The summed E-state index contributed by atoms with van der Waals surface area (Å²) in [4.78, 5) is 48.9. The highest BCUT2D eigenvalue weighted by Gasteiger charge is 2.52. The third kappa shape index (κ3) is 5.72. The number of aromatic nitrogens is 1. The SMILES string of the molecule is CC(C)CC(NC(=O)c1ccc(-c2nc(N3CCN(C)CC3)sc2F)c(F)c1)C(=O)N1CC(Cl)C2OCC(=O)C21. The third-order valence-electron chi connectivity index (χ3n) is 7.55. The Labute approximate surface area is 240 Å². The minimum Gasteiger partial charge on any atom is -0.366 e. The number of fused-ring (bicyclic) bond motifs is 1. The molecule has 1 aromatic carbocycles. The van der Waals surface area contributed by atoms with Crippen molar-refractivity contribution in [3.05, 3.63) is 34.7 Å². The van der Waals surface area contributed by atoms with E-state index in [0.717, 1.165) is 30.5 Å². The van der Waals surface area contributed by atoms with Crippen molar-refractivity contribution >= 4 is 45.7 Å². The molecule has 216 valence electrons. The largest absolute Gasteiger partial charge is 0.366 e. The van der Waals surface area contributed by atoms with Gasteiger partial charge in [-0.1, -0.05) is 25.2 Å². The fraction of sp³-hybridized carbons (Fsp3) is 0.556.